The quantitative estimate of drug-likeness (QED) is 0.705. The molecule has 2 heterocycles. The van der Waals surface area contributed by atoms with Gasteiger partial charge in [0.25, 0.3) is 5.91 Å². The Kier molecular flexibility index (Phi) is 4.23. The first-order valence-corrected chi connectivity index (χ1v) is 9.09. The van der Waals surface area contributed by atoms with E-state index in [-0.39, 0.29) is 24.1 Å². The zero-order chi connectivity index (χ0) is 17.4. The van der Waals surface area contributed by atoms with E-state index in [1.165, 1.54) is 0 Å². The largest absolute Gasteiger partial charge is 0.369 e. The molecule has 0 spiro atoms. The Labute approximate surface area is 150 Å². The van der Waals surface area contributed by atoms with Gasteiger partial charge in [0.05, 0.1) is 30.4 Å². The molecular formula is C19H19N3O2S. The Morgan fingerprint density at radius 3 is 2.68 bits per heavy atom. The molecule has 1 aliphatic rings. The number of carbonyl (C=O) groups is 1. The van der Waals surface area contributed by atoms with Crippen LogP contribution in [0.4, 0.5) is 0 Å². The number of fused-ring (bicyclic) bond motifs is 1. The molecule has 0 N–H and O–H groups in total. The maximum atomic E-state index is 13.2. The highest BCUT2D eigenvalue weighted by Crippen LogP contribution is 2.32. The highest BCUT2D eigenvalue weighted by molar-refractivity contribution is 7.00. The molecule has 1 amide bonds. The van der Waals surface area contributed by atoms with Gasteiger partial charge in [-0.05, 0) is 37.6 Å². The molecule has 1 aliphatic heterocycles. The molecule has 6 heteroatoms. The predicted molar refractivity (Wildman–Crippen MR) is 97.6 cm³/mol. The van der Waals surface area contributed by atoms with Crippen molar-refractivity contribution < 1.29 is 9.53 Å². The van der Waals surface area contributed by atoms with E-state index in [2.05, 4.69) is 8.75 Å². The van der Waals surface area contributed by atoms with Crippen molar-refractivity contribution in [3.63, 3.8) is 0 Å². The third kappa shape index (κ3) is 2.92. The van der Waals surface area contributed by atoms with E-state index in [1.807, 2.05) is 67.3 Å². The van der Waals surface area contributed by atoms with E-state index in [1.54, 1.807) is 0 Å². The molecule has 3 atom stereocenters. The van der Waals surface area contributed by atoms with Crippen molar-refractivity contribution in [2.24, 2.45) is 0 Å². The van der Waals surface area contributed by atoms with Crippen molar-refractivity contribution in [1.29, 1.82) is 0 Å². The molecule has 1 saturated heterocycles. The highest BCUT2D eigenvalue weighted by Gasteiger charge is 2.37. The molecule has 4 rings (SSSR count). The van der Waals surface area contributed by atoms with Crippen molar-refractivity contribution in [2.45, 2.75) is 32.0 Å². The van der Waals surface area contributed by atoms with E-state index < -0.39 is 0 Å². The summed E-state index contributed by atoms with van der Waals surface area (Å²) in [6.45, 7) is 4.60. The Morgan fingerprint density at radius 2 is 1.88 bits per heavy atom. The van der Waals surface area contributed by atoms with Crippen molar-refractivity contribution >= 4 is 28.7 Å². The summed E-state index contributed by atoms with van der Waals surface area (Å²) >= 11 is 1.16. The lowest BCUT2D eigenvalue weighted by molar-refractivity contribution is -0.0806. The van der Waals surface area contributed by atoms with Crippen molar-refractivity contribution in [3.8, 4) is 0 Å². The maximum Gasteiger partial charge on any atom is 0.254 e. The van der Waals surface area contributed by atoms with Gasteiger partial charge in [0.2, 0.25) is 0 Å². The second kappa shape index (κ2) is 6.54. The van der Waals surface area contributed by atoms with Gasteiger partial charge in [-0.2, -0.15) is 8.75 Å². The molecule has 0 radical (unpaired) electrons. The van der Waals surface area contributed by atoms with Crippen LogP contribution in [0, 0.1) is 0 Å². The Hall–Kier alpha value is -2.31. The molecule has 25 heavy (non-hydrogen) atoms. The smallest absolute Gasteiger partial charge is 0.254 e. The zero-order valence-corrected chi connectivity index (χ0v) is 14.9. The van der Waals surface area contributed by atoms with Gasteiger partial charge in [-0.1, -0.05) is 30.3 Å². The second-order valence-electron chi connectivity index (χ2n) is 6.43. The van der Waals surface area contributed by atoms with Crippen LogP contribution in [0.3, 0.4) is 0 Å². The summed E-state index contributed by atoms with van der Waals surface area (Å²) in [5.74, 6) is 0.0131. The fraction of sp³-hybridized carbons (Fsp3) is 0.316. The number of carbonyl (C=O) groups excluding carboxylic acids is 1. The van der Waals surface area contributed by atoms with Crippen LogP contribution >= 0.6 is 11.7 Å². The number of rotatable bonds is 2. The van der Waals surface area contributed by atoms with E-state index in [4.69, 9.17) is 4.74 Å². The number of aromatic nitrogens is 2. The number of nitrogens with zero attached hydrogens (tertiary/aromatic N) is 3. The van der Waals surface area contributed by atoms with Crippen molar-refractivity contribution in [1.82, 2.24) is 13.6 Å². The number of hydrogen-bond donors (Lipinski definition) is 0. The van der Waals surface area contributed by atoms with E-state index in [0.29, 0.717) is 12.2 Å². The minimum absolute atomic E-state index is 0.0131. The first kappa shape index (κ1) is 16.2. The third-order valence-corrected chi connectivity index (χ3v) is 5.29. The normalized spacial score (nSPS) is 23.8. The zero-order valence-electron chi connectivity index (χ0n) is 14.1. The van der Waals surface area contributed by atoms with E-state index >= 15 is 0 Å². The van der Waals surface area contributed by atoms with Crippen LogP contribution < -0.4 is 0 Å². The molecule has 0 unspecified atom stereocenters. The standard InChI is InChI=1S/C19H19N3O2S/c1-12-11-24-18(14-6-4-3-5-7-14)13(2)22(12)19(23)15-8-9-16-17(10-15)21-25-20-16/h3-10,12-13,18H,11H2,1-2H3/t12-,13+,18+/m1/s1. The molecule has 2 aromatic carbocycles. The number of morpholine rings is 1. The van der Waals surface area contributed by atoms with Gasteiger partial charge in [0.1, 0.15) is 17.1 Å². The summed E-state index contributed by atoms with van der Waals surface area (Å²) in [5, 5.41) is 0. The number of amides is 1. The van der Waals surface area contributed by atoms with Crippen LogP contribution in [0.15, 0.2) is 48.5 Å². The van der Waals surface area contributed by atoms with Crippen molar-refractivity contribution in [3.05, 3.63) is 59.7 Å². The summed E-state index contributed by atoms with van der Waals surface area (Å²) < 4.78 is 14.5. The molecule has 0 saturated carbocycles. The molecule has 0 bridgehead atoms. The predicted octanol–water partition coefficient (Wildman–Crippen LogP) is 3.68. The molecule has 3 aromatic rings. The molecule has 1 aromatic heterocycles. The lowest BCUT2D eigenvalue weighted by Gasteiger charge is -2.44. The van der Waals surface area contributed by atoms with Gasteiger partial charge in [-0.15, -0.1) is 0 Å². The summed E-state index contributed by atoms with van der Waals surface area (Å²) in [6.07, 6.45) is -0.119. The Morgan fingerprint density at radius 1 is 1.12 bits per heavy atom. The van der Waals surface area contributed by atoms with E-state index in [9.17, 15) is 4.79 Å². The first-order valence-electron chi connectivity index (χ1n) is 8.36. The van der Waals surface area contributed by atoms with Gasteiger partial charge >= 0.3 is 0 Å². The summed E-state index contributed by atoms with van der Waals surface area (Å²) in [7, 11) is 0. The lowest BCUT2D eigenvalue weighted by atomic mass is 9.97. The summed E-state index contributed by atoms with van der Waals surface area (Å²) in [4.78, 5) is 15.1. The summed E-state index contributed by atoms with van der Waals surface area (Å²) in [6, 6.07) is 15.6. The van der Waals surface area contributed by atoms with E-state index in [0.717, 1.165) is 28.3 Å². The van der Waals surface area contributed by atoms with Crippen LogP contribution in [-0.4, -0.2) is 38.2 Å². The first-order chi connectivity index (χ1) is 12.1. The van der Waals surface area contributed by atoms with Crippen LogP contribution in [0.2, 0.25) is 0 Å². The Balaban J connectivity index is 1.65. The minimum atomic E-state index is -0.119. The fourth-order valence-corrected chi connectivity index (χ4v) is 3.99. The van der Waals surface area contributed by atoms with Crippen LogP contribution in [0.1, 0.15) is 35.9 Å². The minimum Gasteiger partial charge on any atom is -0.369 e. The SMILES string of the molecule is C[C@@H]1CO[C@H](c2ccccc2)[C@H](C)N1C(=O)c1ccc2nsnc2c1. The van der Waals surface area contributed by atoms with Gasteiger partial charge in [-0.3, -0.25) is 4.79 Å². The summed E-state index contributed by atoms with van der Waals surface area (Å²) in [5.41, 5.74) is 3.34. The molecule has 1 fully saturated rings. The van der Waals surface area contributed by atoms with Crippen LogP contribution in [-0.2, 0) is 4.74 Å². The average Bonchev–Trinajstić information content (AvgIpc) is 3.10. The van der Waals surface area contributed by atoms with Gasteiger partial charge in [0, 0.05) is 5.56 Å². The van der Waals surface area contributed by atoms with Gasteiger partial charge in [-0.25, -0.2) is 0 Å². The topological polar surface area (TPSA) is 55.3 Å². The fourth-order valence-electron chi connectivity index (χ4n) is 3.48. The molecule has 0 aliphatic carbocycles. The number of hydrogen-bond acceptors (Lipinski definition) is 5. The van der Waals surface area contributed by atoms with Crippen LogP contribution in [0.5, 0.6) is 0 Å². The van der Waals surface area contributed by atoms with Gasteiger partial charge in [0.15, 0.2) is 0 Å². The van der Waals surface area contributed by atoms with Crippen LogP contribution in [0.25, 0.3) is 11.0 Å². The maximum absolute atomic E-state index is 13.2. The molecular weight excluding hydrogens is 334 g/mol. The average molecular weight is 353 g/mol. The third-order valence-electron chi connectivity index (χ3n) is 4.73. The second-order valence-corrected chi connectivity index (χ2v) is 6.96. The van der Waals surface area contributed by atoms with Gasteiger partial charge < -0.3 is 9.64 Å². The highest BCUT2D eigenvalue weighted by atomic mass is 32.1. The Bertz CT molecular complexity index is 896. The molecule has 128 valence electrons. The molecule has 5 nitrogen and oxygen atoms in total. The monoisotopic (exact) mass is 353 g/mol. The lowest BCUT2D eigenvalue weighted by Crippen LogP contribution is -2.53. The number of ether oxygens (including phenoxy) is 1. The number of benzene rings is 2. The van der Waals surface area contributed by atoms with Crippen molar-refractivity contribution in [2.75, 3.05) is 6.61 Å².